The monoisotopic (exact) mass is 694 g/mol. The first kappa shape index (κ1) is 38.2. The Morgan fingerprint density at radius 2 is 1.69 bits per heavy atom. The van der Waals surface area contributed by atoms with Crippen molar-refractivity contribution in [2.75, 3.05) is 33.4 Å². The van der Waals surface area contributed by atoms with Crippen molar-refractivity contribution in [1.82, 2.24) is 10.6 Å². The summed E-state index contributed by atoms with van der Waals surface area (Å²) in [7, 11) is 0.946. The summed E-state index contributed by atoms with van der Waals surface area (Å²) in [6, 6.07) is 13.5. The van der Waals surface area contributed by atoms with E-state index in [1.54, 1.807) is 0 Å². The Balaban J connectivity index is 0.00000705. The van der Waals surface area contributed by atoms with Crippen molar-refractivity contribution in [1.29, 1.82) is 0 Å². The van der Waals surface area contributed by atoms with Crippen LogP contribution in [0.5, 0.6) is 5.75 Å². The average Bonchev–Trinajstić information content (AvgIpc) is 2.99. The van der Waals surface area contributed by atoms with Gasteiger partial charge in [-0.05, 0) is 50.1 Å². The van der Waals surface area contributed by atoms with E-state index in [4.69, 9.17) is 32.7 Å². The quantitative estimate of drug-likeness (QED) is 0.143. The molecule has 248 valence electrons. The number of ether oxygens (including phenoxy) is 3. The first-order valence-corrected chi connectivity index (χ1v) is 14.8. The minimum Gasteiger partial charge on any atom is -0.491 e. The van der Waals surface area contributed by atoms with Gasteiger partial charge in [-0.2, -0.15) is 13.2 Å². The first-order valence-electron chi connectivity index (χ1n) is 14.0. The lowest BCUT2D eigenvalue weighted by atomic mass is 9.80. The van der Waals surface area contributed by atoms with E-state index in [9.17, 15) is 27.9 Å². The predicted molar refractivity (Wildman–Crippen MR) is 168 cm³/mol. The third-order valence-electron chi connectivity index (χ3n) is 6.81. The van der Waals surface area contributed by atoms with Gasteiger partial charge in [0.2, 0.25) is 0 Å². The molecule has 2 aromatic rings. The molecular formula is C31H36Cl3F3N2O6. The Kier molecular flexibility index (Phi) is 15.5. The third kappa shape index (κ3) is 10.8. The molecule has 0 fully saturated rings. The van der Waals surface area contributed by atoms with Crippen LogP contribution in [0, 0.1) is 0 Å². The highest BCUT2D eigenvalue weighted by Crippen LogP contribution is 2.46. The van der Waals surface area contributed by atoms with E-state index in [-0.39, 0.29) is 52.5 Å². The van der Waals surface area contributed by atoms with Crippen LogP contribution in [0.3, 0.4) is 0 Å². The van der Waals surface area contributed by atoms with E-state index in [2.05, 4.69) is 15.4 Å². The molecule has 1 aliphatic rings. The normalized spacial score (nSPS) is 15.6. The van der Waals surface area contributed by atoms with Gasteiger partial charge in [0.05, 0.1) is 40.8 Å². The van der Waals surface area contributed by atoms with Crippen LogP contribution in [-0.2, 0) is 19.1 Å². The first-order chi connectivity index (χ1) is 21.0. The predicted octanol–water partition coefficient (Wildman–Crippen LogP) is 6.50. The highest BCUT2D eigenvalue weighted by Gasteiger charge is 2.48. The van der Waals surface area contributed by atoms with Crippen molar-refractivity contribution in [3.63, 3.8) is 0 Å². The van der Waals surface area contributed by atoms with Gasteiger partial charge in [-0.15, -0.1) is 12.4 Å². The van der Waals surface area contributed by atoms with Crippen molar-refractivity contribution in [2.24, 2.45) is 0 Å². The molecule has 3 N–H and O–H groups in total. The van der Waals surface area contributed by atoms with Crippen LogP contribution in [0.2, 0.25) is 10.0 Å². The number of aliphatic hydroxyl groups excluding tert-OH is 1. The summed E-state index contributed by atoms with van der Waals surface area (Å²) in [5, 5.41) is 15.3. The minimum atomic E-state index is -4.97. The fourth-order valence-corrected chi connectivity index (χ4v) is 5.11. The lowest BCUT2D eigenvalue weighted by Crippen LogP contribution is -2.38. The number of halogens is 6. The zero-order chi connectivity index (χ0) is 32.3. The van der Waals surface area contributed by atoms with Crippen LogP contribution in [0.1, 0.15) is 44.1 Å². The second kappa shape index (κ2) is 18.3. The molecule has 14 heteroatoms. The highest BCUT2D eigenvalue weighted by atomic mass is 35.5. The van der Waals surface area contributed by atoms with E-state index in [0.29, 0.717) is 25.3 Å². The highest BCUT2D eigenvalue weighted by molar-refractivity contribution is 6.42. The lowest BCUT2D eigenvalue weighted by molar-refractivity contribution is -0.140. The van der Waals surface area contributed by atoms with Gasteiger partial charge in [0.1, 0.15) is 24.2 Å². The van der Waals surface area contributed by atoms with Crippen LogP contribution >= 0.6 is 35.6 Å². The molecule has 2 unspecified atom stereocenters. The van der Waals surface area contributed by atoms with E-state index in [1.165, 1.54) is 25.1 Å². The molecule has 45 heavy (non-hydrogen) atoms. The Morgan fingerprint density at radius 1 is 1.00 bits per heavy atom. The third-order valence-corrected chi connectivity index (χ3v) is 7.64. The van der Waals surface area contributed by atoms with Gasteiger partial charge in [0.25, 0.3) is 0 Å². The fourth-order valence-electron chi connectivity index (χ4n) is 4.69. The summed E-state index contributed by atoms with van der Waals surface area (Å²) in [5.41, 5.74) is -2.51. The summed E-state index contributed by atoms with van der Waals surface area (Å²) < 4.78 is 57.8. The number of para-hydroxylation sites is 1. The standard InChI is InChI=1S/C31H35Cl2F3N2O6.ClH/c1-19-24(25(22-13-10-14-23(32)27(22)33)26(29(40)42-2)28(38-19)31(34,35)36)30(41)43-16-9-4-3-8-15-37-17-20(39)18-44-21-11-6-5-7-12-21;/h5-7,10-14,20,25,37-39H,3-4,8-9,15-18H2,1-2H3;1H. The fraction of sp³-hybridized carbons (Fsp3) is 0.419. The number of benzene rings is 2. The van der Waals surface area contributed by atoms with Crippen molar-refractivity contribution in [3.8, 4) is 5.75 Å². The molecule has 2 atom stereocenters. The number of carbonyl (C=O) groups excluding carboxylic acids is 2. The molecule has 0 aromatic heterocycles. The molecule has 0 bridgehead atoms. The molecular weight excluding hydrogens is 660 g/mol. The minimum absolute atomic E-state index is 0. The van der Waals surface area contributed by atoms with Crippen molar-refractivity contribution in [2.45, 2.75) is 50.8 Å². The zero-order valence-electron chi connectivity index (χ0n) is 24.7. The number of rotatable bonds is 15. The van der Waals surface area contributed by atoms with Gasteiger partial charge in [-0.1, -0.05) is 66.4 Å². The van der Waals surface area contributed by atoms with Crippen molar-refractivity contribution >= 4 is 47.5 Å². The van der Waals surface area contributed by atoms with Crippen LogP contribution in [0.15, 0.2) is 71.1 Å². The van der Waals surface area contributed by atoms with Gasteiger partial charge >= 0.3 is 18.1 Å². The van der Waals surface area contributed by atoms with Gasteiger partial charge < -0.3 is 30.0 Å². The maximum Gasteiger partial charge on any atom is 0.431 e. The number of alkyl halides is 3. The van der Waals surface area contributed by atoms with E-state index >= 15 is 0 Å². The van der Waals surface area contributed by atoms with E-state index in [1.807, 2.05) is 30.3 Å². The maximum absolute atomic E-state index is 14.0. The Hall–Kier alpha value is -2.96. The summed E-state index contributed by atoms with van der Waals surface area (Å²) in [4.78, 5) is 26.0. The number of allylic oxidation sites excluding steroid dienone is 2. The largest absolute Gasteiger partial charge is 0.491 e. The van der Waals surface area contributed by atoms with Crippen LogP contribution in [0.25, 0.3) is 0 Å². The number of hydrogen-bond acceptors (Lipinski definition) is 8. The number of nitrogens with one attached hydrogen (secondary N) is 2. The van der Waals surface area contributed by atoms with Crippen LogP contribution in [0.4, 0.5) is 13.2 Å². The number of unbranched alkanes of at least 4 members (excludes halogenated alkanes) is 3. The van der Waals surface area contributed by atoms with Crippen LogP contribution < -0.4 is 15.4 Å². The molecule has 0 aliphatic carbocycles. The molecule has 3 rings (SSSR count). The smallest absolute Gasteiger partial charge is 0.431 e. The number of esters is 2. The summed E-state index contributed by atoms with van der Waals surface area (Å²) >= 11 is 12.5. The number of hydrogen-bond donors (Lipinski definition) is 3. The van der Waals surface area contributed by atoms with E-state index in [0.717, 1.165) is 26.4 Å². The molecule has 8 nitrogen and oxygen atoms in total. The van der Waals surface area contributed by atoms with Gasteiger partial charge in [-0.25, -0.2) is 9.59 Å². The summed E-state index contributed by atoms with van der Waals surface area (Å²) in [6.45, 7) is 2.53. The van der Waals surface area contributed by atoms with E-state index < -0.39 is 41.4 Å². The van der Waals surface area contributed by atoms with Gasteiger partial charge in [-0.3, -0.25) is 0 Å². The number of dihydropyridines is 1. The topological polar surface area (TPSA) is 106 Å². The number of aliphatic hydroxyl groups is 1. The summed E-state index contributed by atoms with van der Waals surface area (Å²) in [5.74, 6) is -3.03. The number of carbonyl (C=O) groups is 2. The van der Waals surface area contributed by atoms with Crippen LogP contribution in [-0.4, -0.2) is 62.7 Å². The molecule has 1 aliphatic heterocycles. The molecule has 0 saturated carbocycles. The lowest BCUT2D eigenvalue weighted by Gasteiger charge is -2.32. The molecule has 0 spiro atoms. The SMILES string of the molecule is COC(=O)C1=C(C(F)(F)F)NC(C)=C(C(=O)OCCCCCCNCC(O)COc2ccccc2)C1c1cccc(Cl)c1Cl.Cl. The zero-order valence-corrected chi connectivity index (χ0v) is 27.0. The number of methoxy groups -OCH3 is 1. The molecule has 2 aromatic carbocycles. The Morgan fingerprint density at radius 3 is 2.36 bits per heavy atom. The average molecular weight is 696 g/mol. The molecule has 0 radical (unpaired) electrons. The van der Waals surface area contributed by atoms with Crippen molar-refractivity contribution in [3.05, 3.63) is 86.7 Å². The Bertz CT molecular complexity index is 1360. The maximum atomic E-state index is 14.0. The van der Waals surface area contributed by atoms with Gasteiger partial charge in [0, 0.05) is 12.2 Å². The Labute approximate surface area is 276 Å². The molecule has 1 heterocycles. The summed E-state index contributed by atoms with van der Waals surface area (Å²) in [6.07, 6.45) is -2.76. The molecule has 0 saturated heterocycles. The second-order valence-corrected chi connectivity index (χ2v) is 10.8. The van der Waals surface area contributed by atoms with Crippen molar-refractivity contribution < 1.29 is 42.1 Å². The van der Waals surface area contributed by atoms with Gasteiger partial charge in [0.15, 0.2) is 0 Å². The second-order valence-electron chi connectivity index (χ2n) is 10.0. The molecule has 0 amide bonds.